The molecule has 1 heterocycles. The van der Waals surface area contributed by atoms with Gasteiger partial charge in [-0.25, -0.2) is 0 Å². The van der Waals surface area contributed by atoms with Crippen LogP contribution in [0.5, 0.6) is 0 Å². The first-order valence-corrected chi connectivity index (χ1v) is 5.05. The minimum Gasteiger partial charge on any atom is -0.360 e. The van der Waals surface area contributed by atoms with Gasteiger partial charge in [0.1, 0.15) is 0 Å². The van der Waals surface area contributed by atoms with Gasteiger partial charge in [-0.3, -0.25) is 0 Å². The van der Waals surface area contributed by atoms with E-state index in [2.05, 4.69) is 39.8 Å². The van der Waals surface area contributed by atoms with Crippen molar-refractivity contribution < 1.29 is 4.74 Å². The second-order valence-corrected chi connectivity index (χ2v) is 4.94. The lowest BCUT2D eigenvalue weighted by Crippen LogP contribution is -2.26. The average molecular weight is 178 g/mol. The molecule has 0 aromatic rings. The molecule has 0 bridgehead atoms. The molecular weight excluding hydrogens is 160 g/mol. The molecule has 2 rings (SSSR count). The van der Waals surface area contributed by atoms with Gasteiger partial charge in [-0.05, 0) is 51.7 Å². The summed E-state index contributed by atoms with van der Waals surface area (Å²) in [5.41, 5.74) is 2.64. The highest BCUT2D eigenvalue weighted by molar-refractivity contribution is 5.48. The van der Waals surface area contributed by atoms with Crippen LogP contribution in [-0.2, 0) is 4.74 Å². The highest BCUT2D eigenvalue weighted by Gasteiger charge is 2.45. The van der Waals surface area contributed by atoms with Crippen molar-refractivity contribution >= 4 is 0 Å². The zero-order chi connectivity index (χ0) is 9.69. The summed E-state index contributed by atoms with van der Waals surface area (Å²) in [5, 5.41) is 0. The van der Waals surface area contributed by atoms with E-state index in [9.17, 15) is 0 Å². The molecule has 1 aliphatic heterocycles. The zero-order valence-electron chi connectivity index (χ0n) is 8.98. The summed E-state index contributed by atoms with van der Waals surface area (Å²) >= 11 is 0. The Morgan fingerprint density at radius 3 is 1.69 bits per heavy atom. The molecule has 1 saturated heterocycles. The third kappa shape index (κ3) is 1.26. The largest absolute Gasteiger partial charge is 0.360 e. The first-order chi connectivity index (χ1) is 5.93. The van der Waals surface area contributed by atoms with Gasteiger partial charge in [0, 0.05) is 0 Å². The van der Waals surface area contributed by atoms with Crippen molar-refractivity contribution in [3.05, 3.63) is 23.3 Å². The SMILES string of the molecule is CC1(C)OC(C)(C)C2=CCCC=C21. The van der Waals surface area contributed by atoms with E-state index in [1.807, 2.05) is 0 Å². The normalized spacial score (nSPS) is 29.2. The standard InChI is InChI=1S/C12H18O/c1-11(2)9-7-5-6-8-10(9)12(3,4)13-11/h7-8H,5-6H2,1-4H3. The Morgan fingerprint density at radius 2 is 1.31 bits per heavy atom. The summed E-state index contributed by atoms with van der Waals surface area (Å²) in [7, 11) is 0. The lowest BCUT2D eigenvalue weighted by molar-refractivity contribution is -0.0456. The molecular formula is C12H18O. The van der Waals surface area contributed by atoms with Crippen LogP contribution in [0.4, 0.5) is 0 Å². The maximum atomic E-state index is 6.05. The molecule has 0 amide bonds. The Morgan fingerprint density at radius 1 is 0.923 bits per heavy atom. The lowest BCUT2D eigenvalue weighted by atomic mass is 9.84. The van der Waals surface area contributed by atoms with E-state index >= 15 is 0 Å². The number of ether oxygens (including phenoxy) is 1. The second kappa shape index (κ2) is 2.48. The number of rotatable bonds is 0. The summed E-state index contributed by atoms with van der Waals surface area (Å²) in [5.74, 6) is 0. The molecule has 0 aromatic carbocycles. The Hall–Kier alpha value is -0.560. The predicted octanol–water partition coefficient (Wildman–Crippen LogP) is 3.22. The van der Waals surface area contributed by atoms with Gasteiger partial charge in [-0.2, -0.15) is 0 Å². The van der Waals surface area contributed by atoms with Crippen molar-refractivity contribution in [3.8, 4) is 0 Å². The van der Waals surface area contributed by atoms with Crippen LogP contribution in [0.3, 0.4) is 0 Å². The molecule has 1 nitrogen and oxygen atoms in total. The summed E-state index contributed by atoms with van der Waals surface area (Å²) in [4.78, 5) is 0. The van der Waals surface area contributed by atoms with Gasteiger partial charge < -0.3 is 4.74 Å². The molecule has 1 aliphatic carbocycles. The smallest absolute Gasteiger partial charge is 0.0887 e. The molecule has 1 fully saturated rings. The molecule has 2 aliphatic rings. The van der Waals surface area contributed by atoms with Crippen molar-refractivity contribution in [1.29, 1.82) is 0 Å². The van der Waals surface area contributed by atoms with Crippen LogP contribution >= 0.6 is 0 Å². The van der Waals surface area contributed by atoms with E-state index in [1.165, 1.54) is 24.0 Å². The Balaban J connectivity index is 2.49. The van der Waals surface area contributed by atoms with Gasteiger partial charge in [-0.15, -0.1) is 0 Å². The fraction of sp³-hybridized carbons (Fsp3) is 0.667. The van der Waals surface area contributed by atoms with E-state index in [1.54, 1.807) is 0 Å². The van der Waals surface area contributed by atoms with E-state index in [-0.39, 0.29) is 11.2 Å². The summed E-state index contributed by atoms with van der Waals surface area (Å²) in [6.07, 6.45) is 7.01. The molecule has 0 spiro atoms. The van der Waals surface area contributed by atoms with Crippen LogP contribution in [-0.4, -0.2) is 11.2 Å². The highest BCUT2D eigenvalue weighted by atomic mass is 16.5. The highest BCUT2D eigenvalue weighted by Crippen LogP contribution is 2.47. The Labute approximate surface area is 80.5 Å². The quantitative estimate of drug-likeness (QED) is 0.553. The number of hydrogen-bond donors (Lipinski definition) is 0. The van der Waals surface area contributed by atoms with Crippen LogP contribution in [0, 0.1) is 0 Å². The van der Waals surface area contributed by atoms with Gasteiger partial charge in [0.2, 0.25) is 0 Å². The maximum Gasteiger partial charge on any atom is 0.0887 e. The van der Waals surface area contributed by atoms with Crippen molar-refractivity contribution in [3.63, 3.8) is 0 Å². The molecule has 0 atom stereocenters. The van der Waals surface area contributed by atoms with Crippen molar-refractivity contribution in [1.82, 2.24) is 0 Å². The minimum atomic E-state index is -0.0875. The first-order valence-electron chi connectivity index (χ1n) is 5.05. The number of hydrogen-bond acceptors (Lipinski definition) is 1. The third-order valence-corrected chi connectivity index (χ3v) is 2.96. The maximum absolute atomic E-state index is 6.05. The summed E-state index contributed by atoms with van der Waals surface area (Å²) in [6, 6.07) is 0. The molecule has 0 saturated carbocycles. The van der Waals surface area contributed by atoms with E-state index in [4.69, 9.17) is 4.74 Å². The van der Waals surface area contributed by atoms with Crippen LogP contribution in [0.15, 0.2) is 23.3 Å². The molecule has 0 unspecified atom stereocenters. The van der Waals surface area contributed by atoms with Crippen molar-refractivity contribution in [2.75, 3.05) is 0 Å². The van der Waals surface area contributed by atoms with Gasteiger partial charge in [0.15, 0.2) is 0 Å². The van der Waals surface area contributed by atoms with Gasteiger partial charge in [-0.1, -0.05) is 12.2 Å². The van der Waals surface area contributed by atoms with Gasteiger partial charge >= 0.3 is 0 Å². The van der Waals surface area contributed by atoms with Crippen LogP contribution in [0.1, 0.15) is 40.5 Å². The number of allylic oxidation sites excluding steroid dienone is 2. The lowest BCUT2D eigenvalue weighted by Gasteiger charge is -2.23. The molecule has 0 radical (unpaired) electrons. The monoisotopic (exact) mass is 178 g/mol. The Kier molecular flexibility index (Phi) is 1.72. The van der Waals surface area contributed by atoms with Crippen LogP contribution < -0.4 is 0 Å². The summed E-state index contributed by atoms with van der Waals surface area (Å²) < 4.78 is 6.05. The van der Waals surface area contributed by atoms with Crippen molar-refractivity contribution in [2.45, 2.75) is 51.7 Å². The van der Waals surface area contributed by atoms with E-state index in [0.29, 0.717) is 0 Å². The second-order valence-electron chi connectivity index (χ2n) is 4.94. The molecule has 72 valence electrons. The third-order valence-electron chi connectivity index (χ3n) is 2.96. The van der Waals surface area contributed by atoms with Gasteiger partial charge in [0.05, 0.1) is 11.2 Å². The minimum absolute atomic E-state index is 0.0875. The topological polar surface area (TPSA) is 9.23 Å². The van der Waals surface area contributed by atoms with Crippen molar-refractivity contribution in [2.24, 2.45) is 0 Å². The zero-order valence-corrected chi connectivity index (χ0v) is 8.98. The Bertz CT molecular complexity index is 262. The molecule has 0 N–H and O–H groups in total. The van der Waals surface area contributed by atoms with Crippen LogP contribution in [0.25, 0.3) is 0 Å². The first kappa shape index (κ1) is 9.01. The van der Waals surface area contributed by atoms with E-state index < -0.39 is 0 Å². The molecule has 13 heavy (non-hydrogen) atoms. The van der Waals surface area contributed by atoms with Gasteiger partial charge in [0.25, 0.3) is 0 Å². The average Bonchev–Trinajstić information content (AvgIpc) is 2.20. The van der Waals surface area contributed by atoms with Crippen LogP contribution in [0.2, 0.25) is 0 Å². The fourth-order valence-corrected chi connectivity index (χ4v) is 2.56. The molecule has 1 heteroatoms. The number of fused-ring (bicyclic) bond motifs is 1. The predicted molar refractivity (Wildman–Crippen MR) is 54.6 cm³/mol. The molecule has 0 aromatic heterocycles. The fourth-order valence-electron chi connectivity index (χ4n) is 2.56. The summed E-state index contributed by atoms with van der Waals surface area (Å²) in [6.45, 7) is 8.64. The van der Waals surface area contributed by atoms with E-state index in [0.717, 1.165) is 0 Å².